The molecule has 1 aliphatic rings. The number of rotatable bonds is 9. The number of fused-ring (bicyclic) bond motifs is 1. The number of hydrogen-bond acceptors (Lipinski definition) is 5. The minimum Gasteiger partial charge on any atom is -0.482 e. The summed E-state index contributed by atoms with van der Waals surface area (Å²) in [6.45, 7) is 6.51. The number of nitrogens with zero attached hydrogens (tertiary/aromatic N) is 1. The Balaban J connectivity index is 1.99. The molecular weight excluding hydrogens is 336 g/mol. The van der Waals surface area contributed by atoms with Gasteiger partial charge in [0.2, 0.25) is 5.91 Å². The van der Waals surface area contributed by atoms with Gasteiger partial charge in [0, 0.05) is 25.1 Å². The first-order valence-electron chi connectivity index (χ1n) is 8.91. The summed E-state index contributed by atoms with van der Waals surface area (Å²) in [4.78, 5) is 37.7. The molecule has 2 amide bonds. The highest BCUT2D eigenvalue weighted by molar-refractivity contribution is 6.04. The van der Waals surface area contributed by atoms with Crippen molar-refractivity contribution in [1.29, 1.82) is 0 Å². The van der Waals surface area contributed by atoms with Gasteiger partial charge in [0.1, 0.15) is 12.3 Å². The molecule has 26 heavy (non-hydrogen) atoms. The number of amides is 2. The molecule has 1 aromatic carbocycles. The number of Topliss-reactive ketones (excluding diaryl/α,β-unsaturated/α-hetero) is 1. The van der Waals surface area contributed by atoms with Gasteiger partial charge in [-0.3, -0.25) is 19.3 Å². The third-order valence-electron chi connectivity index (χ3n) is 3.94. The number of hydrogen-bond donors (Lipinski definition) is 1. The lowest BCUT2D eigenvalue weighted by molar-refractivity contribution is -0.125. The van der Waals surface area contributed by atoms with Crippen molar-refractivity contribution in [2.45, 2.75) is 39.7 Å². The number of benzene rings is 1. The van der Waals surface area contributed by atoms with Crippen molar-refractivity contribution in [2.75, 3.05) is 31.2 Å². The van der Waals surface area contributed by atoms with Gasteiger partial charge in [-0.2, -0.15) is 0 Å². The van der Waals surface area contributed by atoms with Crippen molar-refractivity contribution in [3.63, 3.8) is 0 Å². The first-order chi connectivity index (χ1) is 12.4. The quantitative estimate of drug-likeness (QED) is 0.536. The minimum absolute atomic E-state index is 0.0274. The van der Waals surface area contributed by atoms with E-state index < -0.39 is 0 Å². The maximum Gasteiger partial charge on any atom is 0.265 e. The van der Waals surface area contributed by atoms with E-state index >= 15 is 0 Å². The second-order valence-electron chi connectivity index (χ2n) is 6.35. The fourth-order valence-electron chi connectivity index (χ4n) is 2.57. The first-order valence-corrected chi connectivity index (χ1v) is 8.91. The molecule has 0 aliphatic carbocycles. The van der Waals surface area contributed by atoms with Gasteiger partial charge in [-0.1, -0.05) is 6.92 Å². The van der Waals surface area contributed by atoms with Gasteiger partial charge in [-0.25, -0.2) is 0 Å². The van der Waals surface area contributed by atoms with Crippen molar-refractivity contribution in [3.05, 3.63) is 23.8 Å². The lowest BCUT2D eigenvalue weighted by atomic mass is 10.1. The molecule has 0 unspecified atom stereocenters. The monoisotopic (exact) mass is 362 g/mol. The predicted molar refractivity (Wildman–Crippen MR) is 97.6 cm³/mol. The van der Waals surface area contributed by atoms with Crippen molar-refractivity contribution in [3.8, 4) is 5.75 Å². The molecule has 0 spiro atoms. The van der Waals surface area contributed by atoms with Crippen molar-refractivity contribution < 1.29 is 23.9 Å². The van der Waals surface area contributed by atoms with Crippen LogP contribution in [0.15, 0.2) is 18.2 Å². The number of ketones is 1. The topological polar surface area (TPSA) is 84.9 Å². The van der Waals surface area contributed by atoms with Crippen LogP contribution >= 0.6 is 0 Å². The van der Waals surface area contributed by atoms with Gasteiger partial charge < -0.3 is 14.8 Å². The third-order valence-corrected chi connectivity index (χ3v) is 3.94. The SMILES string of the molecule is CCC(=O)c1ccc2c(c1)N(CC(=O)NCCCOC(C)C)C(=O)CO2. The zero-order valence-corrected chi connectivity index (χ0v) is 15.5. The van der Waals surface area contributed by atoms with Gasteiger partial charge >= 0.3 is 0 Å². The van der Waals surface area contributed by atoms with Gasteiger partial charge in [-0.15, -0.1) is 0 Å². The zero-order chi connectivity index (χ0) is 19.1. The predicted octanol–water partition coefficient (Wildman–Crippen LogP) is 1.94. The number of carbonyl (C=O) groups excluding carboxylic acids is 3. The summed E-state index contributed by atoms with van der Waals surface area (Å²) >= 11 is 0. The number of ether oxygens (including phenoxy) is 2. The highest BCUT2D eigenvalue weighted by Crippen LogP contribution is 2.33. The Labute approximate surface area is 153 Å². The molecule has 0 fully saturated rings. The summed E-state index contributed by atoms with van der Waals surface area (Å²) in [7, 11) is 0. The van der Waals surface area contributed by atoms with E-state index in [2.05, 4.69) is 5.32 Å². The summed E-state index contributed by atoms with van der Waals surface area (Å²) in [5.41, 5.74) is 0.958. The molecule has 1 N–H and O–H groups in total. The second-order valence-corrected chi connectivity index (χ2v) is 6.35. The Hall–Kier alpha value is -2.41. The normalized spacial score (nSPS) is 13.4. The lowest BCUT2D eigenvalue weighted by Gasteiger charge is -2.29. The van der Waals surface area contributed by atoms with Crippen LogP contribution in [0.3, 0.4) is 0 Å². The Bertz CT molecular complexity index is 672. The zero-order valence-electron chi connectivity index (χ0n) is 15.5. The maximum atomic E-state index is 12.2. The molecule has 7 nitrogen and oxygen atoms in total. The average molecular weight is 362 g/mol. The van der Waals surface area contributed by atoms with Crippen LogP contribution in [0.25, 0.3) is 0 Å². The van der Waals surface area contributed by atoms with Crippen molar-refractivity contribution in [1.82, 2.24) is 5.32 Å². The van der Waals surface area contributed by atoms with E-state index in [0.717, 1.165) is 0 Å². The Kier molecular flexibility index (Phi) is 7.15. The van der Waals surface area contributed by atoms with E-state index in [1.54, 1.807) is 25.1 Å². The van der Waals surface area contributed by atoms with Crippen LogP contribution in [-0.2, 0) is 14.3 Å². The Morgan fingerprint density at radius 2 is 2.12 bits per heavy atom. The molecule has 1 aromatic rings. The largest absolute Gasteiger partial charge is 0.482 e. The molecule has 0 bridgehead atoms. The van der Waals surface area contributed by atoms with E-state index in [9.17, 15) is 14.4 Å². The average Bonchev–Trinajstić information content (AvgIpc) is 2.62. The van der Waals surface area contributed by atoms with E-state index in [-0.39, 0.29) is 36.9 Å². The van der Waals surface area contributed by atoms with Crippen LogP contribution in [0.4, 0.5) is 5.69 Å². The standard InChI is InChI=1S/C19H26N2O5/c1-4-16(22)14-6-7-17-15(10-14)21(19(24)12-26-17)11-18(23)20-8-5-9-25-13(2)3/h6-7,10,13H,4-5,8-9,11-12H2,1-3H3,(H,20,23). The van der Waals surface area contributed by atoms with Crippen LogP contribution in [0, 0.1) is 0 Å². The number of anilines is 1. The van der Waals surface area contributed by atoms with Gasteiger partial charge in [0.15, 0.2) is 12.4 Å². The Morgan fingerprint density at radius 1 is 1.35 bits per heavy atom. The summed E-state index contributed by atoms with van der Waals surface area (Å²) in [5.74, 6) is -0.101. The highest BCUT2D eigenvalue weighted by atomic mass is 16.5. The third kappa shape index (κ3) is 5.29. The molecule has 0 atom stereocenters. The van der Waals surface area contributed by atoms with Gasteiger partial charge in [-0.05, 0) is 38.5 Å². The van der Waals surface area contributed by atoms with Crippen molar-refractivity contribution >= 4 is 23.3 Å². The van der Waals surface area contributed by atoms with E-state index in [0.29, 0.717) is 43.0 Å². The molecule has 7 heteroatoms. The summed E-state index contributed by atoms with van der Waals surface area (Å²) in [6.07, 6.45) is 1.23. The Morgan fingerprint density at radius 3 is 2.81 bits per heavy atom. The fraction of sp³-hybridized carbons (Fsp3) is 0.526. The maximum absolute atomic E-state index is 12.2. The summed E-state index contributed by atoms with van der Waals surface area (Å²) < 4.78 is 10.8. The first kappa shape index (κ1) is 19.9. The molecule has 1 aliphatic heterocycles. The molecule has 1 heterocycles. The molecular formula is C19H26N2O5. The highest BCUT2D eigenvalue weighted by Gasteiger charge is 2.28. The fourth-order valence-corrected chi connectivity index (χ4v) is 2.57. The smallest absolute Gasteiger partial charge is 0.265 e. The van der Waals surface area contributed by atoms with Crippen LogP contribution < -0.4 is 15.0 Å². The van der Waals surface area contributed by atoms with E-state index in [4.69, 9.17) is 9.47 Å². The second kappa shape index (κ2) is 9.33. The minimum atomic E-state index is -0.308. The number of carbonyl (C=O) groups is 3. The van der Waals surface area contributed by atoms with E-state index in [1.165, 1.54) is 4.90 Å². The summed E-state index contributed by atoms with van der Waals surface area (Å²) in [6, 6.07) is 4.95. The van der Waals surface area contributed by atoms with Crippen LogP contribution in [0.5, 0.6) is 5.75 Å². The van der Waals surface area contributed by atoms with Crippen molar-refractivity contribution in [2.24, 2.45) is 0 Å². The van der Waals surface area contributed by atoms with Crippen LogP contribution in [0.2, 0.25) is 0 Å². The lowest BCUT2D eigenvalue weighted by Crippen LogP contribution is -2.45. The molecule has 0 saturated carbocycles. The molecule has 142 valence electrons. The van der Waals surface area contributed by atoms with Crippen LogP contribution in [0.1, 0.15) is 44.0 Å². The molecule has 0 radical (unpaired) electrons. The molecule has 0 aromatic heterocycles. The van der Waals surface area contributed by atoms with Gasteiger partial charge in [0.05, 0.1) is 11.8 Å². The molecule has 2 rings (SSSR count). The van der Waals surface area contributed by atoms with E-state index in [1.807, 2.05) is 13.8 Å². The summed E-state index contributed by atoms with van der Waals surface area (Å²) in [5, 5.41) is 2.78. The van der Waals surface area contributed by atoms with Gasteiger partial charge in [0.25, 0.3) is 5.91 Å². The van der Waals surface area contributed by atoms with Crippen LogP contribution in [-0.4, -0.2) is 50.0 Å². The molecule has 0 saturated heterocycles. The number of nitrogens with one attached hydrogen (secondary N) is 1.